The summed E-state index contributed by atoms with van der Waals surface area (Å²) in [5, 5.41) is 6.39. The number of ether oxygens (including phenoxy) is 1. The Morgan fingerprint density at radius 3 is 2.95 bits per heavy atom. The lowest BCUT2D eigenvalue weighted by Crippen LogP contribution is -2.29. The van der Waals surface area contributed by atoms with E-state index in [9.17, 15) is 4.79 Å². The summed E-state index contributed by atoms with van der Waals surface area (Å²) < 4.78 is 5.21. The Hall–Kier alpha value is -1.55. The summed E-state index contributed by atoms with van der Waals surface area (Å²) in [6, 6.07) is 8.11. The second kappa shape index (κ2) is 9.46. The Morgan fingerprint density at radius 2 is 2.18 bits per heavy atom. The molecule has 1 saturated heterocycles. The number of hydrogen-bond acceptors (Lipinski definition) is 3. The van der Waals surface area contributed by atoms with Crippen LogP contribution in [0.1, 0.15) is 37.7 Å². The summed E-state index contributed by atoms with van der Waals surface area (Å²) in [6.07, 6.45) is 6.05. The number of methoxy groups -OCH3 is 1. The molecular weight excluding hydrogens is 276 g/mol. The molecule has 4 heteroatoms. The summed E-state index contributed by atoms with van der Waals surface area (Å²) in [4.78, 5) is 11.9. The van der Waals surface area contributed by atoms with E-state index < -0.39 is 0 Å². The minimum Gasteiger partial charge on any atom is -0.497 e. The molecule has 4 nitrogen and oxygen atoms in total. The molecule has 0 saturated carbocycles. The van der Waals surface area contributed by atoms with E-state index in [1.807, 2.05) is 12.1 Å². The van der Waals surface area contributed by atoms with Crippen LogP contribution >= 0.6 is 0 Å². The molecule has 122 valence electrons. The maximum absolute atomic E-state index is 11.9. The molecule has 22 heavy (non-hydrogen) atoms. The molecule has 0 bridgehead atoms. The maximum Gasteiger partial charge on any atom is 0.220 e. The number of aryl methyl sites for hydroxylation is 1. The average Bonchev–Trinajstić information content (AvgIpc) is 2.58. The molecule has 2 rings (SSSR count). The Bertz CT molecular complexity index is 456. The lowest BCUT2D eigenvalue weighted by atomic mass is 9.93. The zero-order valence-electron chi connectivity index (χ0n) is 13.6. The smallest absolute Gasteiger partial charge is 0.220 e. The van der Waals surface area contributed by atoms with Crippen molar-refractivity contribution in [2.24, 2.45) is 5.92 Å². The van der Waals surface area contributed by atoms with Gasteiger partial charge in [0.15, 0.2) is 0 Å². The van der Waals surface area contributed by atoms with Gasteiger partial charge in [-0.25, -0.2) is 0 Å². The Morgan fingerprint density at radius 1 is 1.36 bits per heavy atom. The Kier molecular flexibility index (Phi) is 7.23. The van der Waals surface area contributed by atoms with Gasteiger partial charge in [0.2, 0.25) is 5.91 Å². The molecule has 1 aromatic rings. The summed E-state index contributed by atoms with van der Waals surface area (Å²) in [5.74, 6) is 1.82. The first-order valence-corrected chi connectivity index (χ1v) is 8.38. The van der Waals surface area contributed by atoms with E-state index in [0.717, 1.165) is 50.6 Å². The second-order valence-electron chi connectivity index (χ2n) is 6.04. The molecular formula is C18H28N2O2. The predicted octanol–water partition coefficient (Wildman–Crippen LogP) is 2.52. The average molecular weight is 304 g/mol. The van der Waals surface area contributed by atoms with E-state index in [1.54, 1.807) is 7.11 Å². The number of amides is 1. The minimum absolute atomic E-state index is 0.198. The van der Waals surface area contributed by atoms with Gasteiger partial charge in [0.25, 0.3) is 0 Å². The van der Waals surface area contributed by atoms with Gasteiger partial charge in [-0.1, -0.05) is 12.1 Å². The molecule has 0 atom stereocenters. The lowest BCUT2D eigenvalue weighted by Gasteiger charge is -2.22. The van der Waals surface area contributed by atoms with Crippen molar-refractivity contribution >= 4 is 5.91 Å². The zero-order chi connectivity index (χ0) is 15.6. The van der Waals surface area contributed by atoms with Crippen molar-refractivity contribution in [2.75, 3.05) is 26.7 Å². The van der Waals surface area contributed by atoms with Crippen LogP contribution in [-0.4, -0.2) is 32.7 Å². The van der Waals surface area contributed by atoms with Crippen molar-refractivity contribution in [3.8, 4) is 5.75 Å². The van der Waals surface area contributed by atoms with E-state index in [4.69, 9.17) is 4.74 Å². The van der Waals surface area contributed by atoms with Crippen molar-refractivity contribution < 1.29 is 9.53 Å². The van der Waals surface area contributed by atoms with Crippen LogP contribution < -0.4 is 15.4 Å². The SMILES string of the molecule is COc1cccc(CCCNC(=O)CCC2CCNCC2)c1. The number of nitrogens with one attached hydrogen (secondary N) is 2. The third-order valence-electron chi connectivity index (χ3n) is 4.34. The minimum atomic E-state index is 0.198. The summed E-state index contributed by atoms with van der Waals surface area (Å²) in [7, 11) is 1.68. The van der Waals surface area contributed by atoms with Crippen molar-refractivity contribution in [2.45, 2.75) is 38.5 Å². The van der Waals surface area contributed by atoms with Gasteiger partial charge in [0.1, 0.15) is 5.75 Å². The molecule has 0 aliphatic carbocycles. The van der Waals surface area contributed by atoms with E-state index >= 15 is 0 Å². The Balaban J connectivity index is 1.56. The molecule has 0 radical (unpaired) electrons. The molecule has 2 N–H and O–H groups in total. The van der Waals surface area contributed by atoms with E-state index in [-0.39, 0.29) is 5.91 Å². The molecule has 1 amide bonds. The van der Waals surface area contributed by atoms with Crippen LogP contribution in [0.2, 0.25) is 0 Å². The molecule has 1 aliphatic rings. The van der Waals surface area contributed by atoms with Gasteiger partial charge in [-0.3, -0.25) is 4.79 Å². The van der Waals surface area contributed by atoms with Gasteiger partial charge in [-0.2, -0.15) is 0 Å². The van der Waals surface area contributed by atoms with Crippen LogP contribution in [-0.2, 0) is 11.2 Å². The van der Waals surface area contributed by atoms with Crippen molar-refractivity contribution in [1.82, 2.24) is 10.6 Å². The molecule has 1 aromatic carbocycles. The van der Waals surface area contributed by atoms with Crippen molar-refractivity contribution in [1.29, 1.82) is 0 Å². The number of carbonyl (C=O) groups is 1. The Labute approximate surface area is 133 Å². The number of benzene rings is 1. The fraction of sp³-hybridized carbons (Fsp3) is 0.611. The van der Waals surface area contributed by atoms with Gasteiger partial charge < -0.3 is 15.4 Å². The van der Waals surface area contributed by atoms with Crippen LogP contribution in [0.3, 0.4) is 0 Å². The number of hydrogen-bond donors (Lipinski definition) is 2. The van der Waals surface area contributed by atoms with Crippen LogP contribution in [0.4, 0.5) is 0 Å². The van der Waals surface area contributed by atoms with Gasteiger partial charge in [0, 0.05) is 13.0 Å². The number of piperidine rings is 1. The summed E-state index contributed by atoms with van der Waals surface area (Å²) in [6.45, 7) is 2.96. The highest BCUT2D eigenvalue weighted by Crippen LogP contribution is 2.17. The molecule has 1 fully saturated rings. The van der Waals surface area contributed by atoms with Crippen LogP contribution in [0, 0.1) is 5.92 Å². The highest BCUT2D eigenvalue weighted by atomic mass is 16.5. The highest BCUT2D eigenvalue weighted by molar-refractivity contribution is 5.75. The quantitative estimate of drug-likeness (QED) is 0.726. The maximum atomic E-state index is 11.9. The first kappa shape index (κ1) is 16.8. The van der Waals surface area contributed by atoms with Gasteiger partial charge in [0.05, 0.1) is 7.11 Å². The van der Waals surface area contributed by atoms with Crippen LogP contribution in [0.5, 0.6) is 5.75 Å². The fourth-order valence-corrected chi connectivity index (χ4v) is 2.94. The van der Waals surface area contributed by atoms with Gasteiger partial charge >= 0.3 is 0 Å². The molecule has 1 heterocycles. The fourth-order valence-electron chi connectivity index (χ4n) is 2.94. The van der Waals surface area contributed by atoms with Crippen LogP contribution in [0.25, 0.3) is 0 Å². The van der Waals surface area contributed by atoms with Crippen LogP contribution in [0.15, 0.2) is 24.3 Å². The standard InChI is InChI=1S/C18H28N2O2/c1-22-17-6-2-4-16(14-17)5-3-11-20-18(21)8-7-15-9-12-19-13-10-15/h2,4,6,14-15,19H,3,5,7-13H2,1H3,(H,20,21). The number of carbonyl (C=O) groups excluding carboxylic acids is 1. The third kappa shape index (κ3) is 6.06. The second-order valence-corrected chi connectivity index (χ2v) is 6.04. The highest BCUT2D eigenvalue weighted by Gasteiger charge is 2.14. The monoisotopic (exact) mass is 304 g/mol. The van der Waals surface area contributed by atoms with E-state index in [1.165, 1.54) is 18.4 Å². The van der Waals surface area contributed by atoms with Gasteiger partial charge in [-0.05, 0) is 68.8 Å². The van der Waals surface area contributed by atoms with E-state index in [2.05, 4.69) is 22.8 Å². The first-order chi connectivity index (χ1) is 10.8. The predicted molar refractivity (Wildman–Crippen MR) is 89.2 cm³/mol. The zero-order valence-corrected chi connectivity index (χ0v) is 13.6. The lowest BCUT2D eigenvalue weighted by molar-refractivity contribution is -0.121. The molecule has 1 aliphatic heterocycles. The largest absolute Gasteiger partial charge is 0.497 e. The topological polar surface area (TPSA) is 50.4 Å². The third-order valence-corrected chi connectivity index (χ3v) is 4.34. The van der Waals surface area contributed by atoms with E-state index in [0.29, 0.717) is 6.42 Å². The summed E-state index contributed by atoms with van der Waals surface area (Å²) in [5.41, 5.74) is 1.25. The van der Waals surface area contributed by atoms with Crippen molar-refractivity contribution in [3.05, 3.63) is 29.8 Å². The van der Waals surface area contributed by atoms with Crippen molar-refractivity contribution in [3.63, 3.8) is 0 Å². The van der Waals surface area contributed by atoms with Gasteiger partial charge in [-0.15, -0.1) is 0 Å². The molecule has 0 aromatic heterocycles. The number of rotatable bonds is 8. The normalized spacial score (nSPS) is 15.5. The molecule has 0 unspecified atom stereocenters. The molecule has 0 spiro atoms. The first-order valence-electron chi connectivity index (χ1n) is 8.38. The summed E-state index contributed by atoms with van der Waals surface area (Å²) >= 11 is 0.